The number of nitrogens with one attached hydrogen (secondary N) is 2. The number of piperazine rings is 1. The smallest absolute Gasteiger partial charge is 0.317 e. The lowest BCUT2D eigenvalue weighted by atomic mass is 10.0. The average molecular weight is 305 g/mol. The van der Waals surface area contributed by atoms with E-state index in [4.69, 9.17) is 0 Å². The summed E-state index contributed by atoms with van der Waals surface area (Å²) in [5, 5.41) is 6.08. The van der Waals surface area contributed by atoms with Gasteiger partial charge in [-0.05, 0) is 32.4 Å². The molecule has 2 fully saturated rings. The van der Waals surface area contributed by atoms with E-state index in [-0.39, 0.29) is 24.3 Å². The number of carbonyl (C=O) groups is 2. The Morgan fingerprint density at radius 2 is 1.85 bits per heavy atom. The predicted molar refractivity (Wildman–Crippen MR) is 80.1 cm³/mol. The number of halogens is 1. The molecule has 6 nitrogen and oxygen atoms in total. The summed E-state index contributed by atoms with van der Waals surface area (Å²) in [5.41, 5.74) is 0. The Bertz CT molecular complexity index is 326. The van der Waals surface area contributed by atoms with Crippen LogP contribution in [0.4, 0.5) is 4.79 Å². The molecule has 116 valence electrons. The van der Waals surface area contributed by atoms with E-state index in [0.29, 0.717) is 45.1 Å². The summed E-state index contributed by atoms with van der Waals surface area (Å²) in [6.07, 6.45) is 1.75. The van der Waals surface area contributed by atoms with Crippen molar-refractivity contribution in [3.05, 3.63) is 0 Å². The number of amides is 3. The van der Waals surface area contributed by atoms with E-state index < -0.39 is 0 Å². The van der Waals surface area contributed by atoms with Crippen LogP contribution in [0.1, 0.15) is 19.8 Å². The molecule has 2 rings (SSSR count). The van der Waals surface area contributed by atoms with Crippen LogP contribution in [-0.4, -0.2) is 67.6 Å². The molecule has 20 heavy (non-hydrogen) atoms. The molecule has 1 atom stereocenters. The topological polar surface area (TPSA) is 64.7 Å². The number of urea groups is 1. The highest BCUT2D eigenvalue weighted by molar-refractivity contribution is 5.85. The van der Waals surface area contributed by atoms with E-state index in [1.807, 2.05) is 11.8 Å². The van der Waals surface area contributed by atoms with Gasteiger partial charge in [-0.25, -0.2) is 4.79 Å². The van der Waals surface area contributed by atoms with Crippen LogP contribution in [0.15, 0.2) is 0 Å². The van der Waals surface area contributed by atoms with E-state index >= 15 is 0 Å². The number of carbonyl (C=O) groups excluding carboxylic acids is 2. The minimum Gasteiger partial charge on any atom is -0.339 e. The van der Waals surface area contributed by atoms with Crippen molar-refractivity contribution in [1.82, 2.24) is 20.4 Å². The fraction of sp³-hybridized carbons (Fsp3) is 0.846. The first kappa shape index (κ1) is 17.0. The van der Waals surface area contributed by atoms with Crippen LogP contribution in [0.3, 0.4) is 0 Å². The Balaban J connectivity index is 0.00000200. The first-order valence-corrected chi connectivity index (χ1v) is 7.22. The summed E-state index contributed by atoms with van der Waals surface area (Å²) in [7, 11) is 0. The quantitative estimate of drug-likeness (QED) is 0.787. The van der Waals surface area contributed by atoms with Gasteiger partial charge < -0.3 is 20.4 Å². The van der Waals surface area contributed by atoms with Crippen molar-refractivity contribution in [2.24, 2.45) is 5.92 Å². The van der Waals surface area contributed by atoms with E-state index in [2.05, 4.69) is 10.6 Å². The Hall–Kier alpha value is -1.01. The van der Waals surface area contributed by atoms with Crippen LogP contribution in [0.25, 0.3) is 0 Å². The average Bonchev–Trinajstić information content (AvgIpc) is 2.92. The van der Waals surface area contributed by atoms with Crippen molar-refractivity contribution in [3.63, 3.8) is 0 Å². The lowest BCUT2D eigenvalue weighted by molar-refractivity contribution is -0.133. The van der Waals surface area contributed by atoms with E-state index in [9.17, 15) is 9.59 Å². The second-order valence-corrected chi connectivity index (χ2v) is 5.27. The van der Waals surface area contributed by atoms with Gasteiger partial charge in [0.15, 0.2) is 0 Å². The largest absolute Gasteiger partial charge is 0.339 e. The van der Waals surface area contributed by atoms with Crippen molar-refractivity contribution in [1.29, 1.82) is 0 Å². The summed E-state index contributed by atoms with van der Waals surface area (Å²) in [5.74, 6) is 0.734. The van der Waals surface area contributed by atoms with Gasteiger partial charge in [0, 0.05) is 39.1 Å². The summed E-state index contributed by atoms with van der Waals surface area (Å²) in [6, 6.07) is -0.0189. The summed E-state index contributed by atoms with van der Waals surface area (Å²) >= 11 is 0. The maximum atomic E-state index is 12.1. The van der Waals surface area contributed by atoms with E-state index in [1.165, 1.54) is 0 Å². The Morgan fingerprint density at radius 1 is 1.20 bits per heavy atom. The molecule has 2 saturated heterocycles. The molecule has 2 N–H and O–H groups in total. The number of rotatable bonds is 3. The zero-order valence-corrected chi connectivity index (χ0v) is 12.9. The molecule has 2 aliphatic heterocycles. The zero-order valence-electron chi connectivity index (χ0n) is 12.1. The normalized spacial score (nSPS) is 22.4. The Kier molecular flexibility index (Phi) is 7.09. The fourth-order valence-electron chi connectivity index (χ4n) is 2.69. The van der Waals surface area contributed by atoms with Crippen LogP contribution in [0.5, 0.6) is 0 Å². The molecule has 0 spiro atoms. The van der Waals surface area contributed by atoms with E-state index in [0.717, 1.165) is 19.5 Å². The van der Waals surface area contributed by atoms with Crippen molar-refractivity contribution in [3.8, 4) is 0 Å². The molecule has 0 aromatic carbocycles. The Morgan fingerprint density at radius 3 is 2.40 bits per heavy atom. The number of hydrogen-bond donors (Lipinski definition) is 2. The molecule has 0 bridgehead atoms. The van der Waals surface area contributed by atoms with Crippen molar-refractivity contribution < 1.29 is 9.59 Å². The molecule has 0 aromatic rings. The highest BCUT2D eigenvalue weighted by atomic mass is 35.5. The fourth-order valence-corrected chi connectivity index (χ4v) is 2.69. The minimum atomic E-state index is -0.0189. The third-order valence-electron chi connectivity index (χ3n) is 3.87. The standard InChI is InChI=1S/C13H24N4O2.ClH/c1-2-15-13(19)17-7-5-16(6-8-17)12(18)9-11-3-4-14-10-11;/h11,14H,2-10H2,1H3,(H,15,19);1H. The first-order chi connectivity index (χ1) is 9.20. The molecule has 0 aromatic heterocycles. The molecular weight excluding hydrogens is 280 g/mol. The summed E-state index contributed by atoms with van der Waals surface area (Å²) in [6.45, 7) is 7.15. The van der Waals surface area contributed by atoms with Crippen LogP contribution < -0.4 is 10.6 Å². The molecule has 3 amide bonds. The second-order valence-electron chi connectivity index (χ2n) is 5.27. The number of hydrogen-bond acceptors (Lipinski definition) is 3. The monoisotopic (exact) mass is 304 g/mol. The van der Waals surface area contributed by atoms with Gasteiger partial charge in [0.25, 0.3) is 0 Å². The van der Waals surface area contributed by atoms with Crippen LogP contribution in [0.2, 0.25) is 0 Å². The van der Waals surface area contributed by atoms with Gasteiger partial charge in [0.1, 0.15) is 0 Å². The van der Waals surface area contributed by atoms with Crippen molar-refractivity contribution in [2.45, 2.75) is 19.8 Å². The van der Waals surface area contributed by atoms with Gasteiger partial charge in [-0.3, -0.25) is 4.79 Å². The summed E-state index contributed by atoms with van der Waals surface area (Å²) in [4.78, 5) is 27.5. The first-order valence-electron chi connectivity index (χ1n) is 7.22. The van der Waals surface area contributed by atoms with Gasteiger partial charge in [-0.2, -0.15) is 0 Å². The third kappa shape index (κ3) is 4.52. The maximum Gasteiger partial charge on any atom is 0.317 e. The second kappa shape index (κ2) is 8.32. The van der Waals surface area contributed by atoms with Crippen LogP contribution in [0, 0.1) is 5.92 Å². The van der Waals surface area contributed by atoms with Gasteiger partial charge in [0.05, 0.1) is 0 Å². The molecule has 1 unspecified atom stereocenters. The molecule has 0 radical (unpaired) electrons. The van der Waals surface area contributed by atoms with Gasteiger partial charge in [-0.1, -0.05) is 0 Å². The van der Waals surface area contributed by atoms with Crippen molar-refractivity contribution >= 4 is 24.3 Å². The molecule has 0 saturated carbocycles. The lowest BCUT2D eigenvalue weighted by Gasteiger charge is -2.35. The highest BCUT2D eigenvalue weighted by Gasteiger charge is 2.26. The molecule has 0 aliphatic carbocycles. The number of nitrogens with zero attached hydrogens (tertiary/aromatic N) is 2. The predicted octanol–water partition coefficient (Wildman–Crippen LogP) is 0.282. The SMILES string of the molecule is CCNC(=O)N1CCN(C(=O)CC2CCNC2)CC1.Cl. The third-order valence-corrected chi connectivity index (χ3v) is 3.87. The minimum absolute atomic E-state index is 0. The Labute approximate surface area is 126 Å². The molecule has 2 heterocycles. The van der Waals surface area contributed by atoms with Crippen LogP contribution >= 0.6 is 12.4 Å². The molecule has 7 heteroatoms. The lowest BCUT2D eigenvalue weighted by Crippen LogP contribution is -2.53. The van der Waals surface area contributed by atoms with Gasteiger partial charge in [-0.15, -0.1) is 12.4 Å². The van der Waals surface area contributed by atoms with Gasteiger partial charge in [0.2, 0.25) is 5.91 Å². The van der Waals surface area contributed by atoms with Crippen molar-refractivity contribution in [2.75, 3.05) is 45.8 Å². The maximum absolute atomic E-state index is 12.1. The van der Waals surface area contributed by atoms with E-state index in [1.54, 1.807) is 4.90 Å². The van der Waals surface area contributed by atoms with Gasteiger partial charge >= 0.3 is 6.03 Å². The van der Waals surface area contributed by atoms with Crippen LogP contribution in [-0.2, 0) is 4.79 Å². The summed E-state index contributed by atoms with van der Waals surface area (Å²) < 4.78 is 0. The molecular formula is C13H25ClN4O2. The molecule has 2 aliphatic rings. The highest BCUT2D eigenvalue weighted by Crippen LogP contribution is 2.14. The zero-order chi connectivity index (χ0) is 13.7.